The van der Waals surface area contributed by atoms with Crippen LogP contribution in [0.4, 0.5) is 10.1 Å². The molecule has 0 bridgehead atoms. The van der Waals surface area contributed by atoms with Crippen molar-refractivity contribution in [1.82, 2.24) is 4.57 Å². The summed E-state index contributed by atoms with van der Waals surface area (Å²) >= 11 is 0. The smallest absolute Gasteiger partial charge is 0.550 e. The predicted octanol–water partition coefficient (Wildman–Crippen LogP) is 1.98. The third-order valence-corrected chi connectivity index (χ3v) is 6.90. The molecule has 1 amide bonds. The molecule has 1 heterocycles. The molecule has 0 unspecified atom stereocenters. The largest absolute Gasteiger partial charge is 1.00 e. The monoisotopic (exact) mass is 580 g/mol. The summed E-state index contributed by atoms with van der Waals surface area (Å²) < 4.78 is 16.5. The molecule has 0 spiro atoms. The first-order valence-corrected chi connectivity index (χ1v) is 13.7. The quantitative estimate of drug-likeness (QED) is 0.222. The number of halogens is 1. The number of aromatic nitrogens is 1. The van der Waals surface area contributed by atoms with Crippen LogP contribution in [0.2, 0.25) is 0 Å². The Kier molecular flexibility index (Phi) is 12.1. The van der Waals surface area contributed by atoms with E-state index < -0.39 is 30.4 Å². The zero-order chi connectivity index (χ0) is 29.5. The van der Waals surface area contributed by atoms with E-state index in [0.717, 1.165) is 5.56 Å². The third-order valence-electron chi connectivity index (χ3n) is 6.90. The summed E-state index contributed by atoms with van der Waals surface area (Å²) in [5, 5.41) is 34.6. The number of benzene rings is 3. The molecule has 0 aliphatic heterocycles. The van der Waals surface area contributed by atoms with Crippen LogP contribution in [0.25, 0.3) is 22.4 Å². The number of rotatable bonds is 12. The zero-order valence-corrected chi connectivity index (χ0v) is 26.1. The topological polar surface area (TPSA) is 115 Å². The molecule has 42 heavy (non-hydrogen) atoms. The van der Waals surface area contributed by atoms with E-state index in [1.54, 1.807) is 24.3 Å². The van der Waals surface area contributed by atoms with Gasteiger partial charge in [0.1, 0.15) is 5.82 Å². The number of aliphatic hydroxyl groups excluding tert-OH is 2. The number of para-hydroxylation sites is 1. The number of carbonyl (C=O) groups is 2. The molecule has 1 aromatic heterocycles. The number of amides is 1. The number of carboxylic acid groups (broad SMARTS) is 1. The molecule has 0 aliphatic carbocycles. The molecule has 4 aromatic rings. The van der Waals surface area contributed by atoms with Gasteiger partial charge in [-0.05, 0) is 48.6 Å². The van der Waals surface area contributed by atoms with E-state index >= 15 is 0 Å². The summed E-state index contributed by atoms with van der Waals surface area (Å²) in [7, 11) is 0. The molecule has 0 saturated carbocycles. The summed E-state index contributed by atoms with van der Waals surface area (Å²) in [6.45, 7) is 4.17. The van der Waals surface area contributed by atoms with Crippen molar-refractivity contribution in [2.75, 3.05) is 5.32 Å². The fraction of sp³-hybridized carbons (Fsp3) is 0.273. The second kappa shape index (κ2) is 15.3. The standard InChI is InChI=1S/C33H35FN2O5.Na/c1-21(2)31-30(33(41)35-25-14-7-4-8-15-25)29(22-10-5-3-6-11-22)32(23-12-9-13-24(34)18-23)36(31)17-16-26(37)19-27(38)20-28(39)40;/h3-15,18,21,26-27,37-38H,16-17,19-20H2,1-2H3,(H,35,41)(H,39,40);/q;+1/p-1/t26-,27-;/m1./s1. The number of carbonyl (C=O) groups excluding carboxylic acids is 2. The third kappa shape index (κ3) is 8.18. The van der Waals surface area contributed by atoms with E-state index in [0.29, 0.717) is 33.8 Å². The van der Waals surface area contributed by atoms with Crippen molar-refractivity contribution in [2.45, 2.75) is 57.8 Å². The zero-order valence-electron chi connectivity index (χ0n) is 24.1. The molecule has 0 aliphatic rings. The van der Waals surface area contributed by atoms with Crippen molar-refractivity contribution in [2.24, 2.45) is 0 Å². The fourth-order valence-corrected chi connectivity index (χ4v) is 5.22. The number of carboxylic acids is 1. The van der Waals surface area contributed by atoms with Crippen LogP contribution in [0, 0.1) is 5.82 Å². The molecular formula is C33H34FN2NaO5. The Morgan fingerprint density at radius 3 is 2.12 bits per heavy atom. The average molecular weight is 581 g/mol. The Morgan fingerprint density at radius 1 is 0.905 bits per heavy atom. The van der Waals surface area contributed by atoms with E-state index in [2.05, 4.69) is 5.32 Å². The van der Waals surface area contributed by atoms with E-state index in [1.807, 2.05) is 66.9 Å². The summed E-state index contributed by atoms with van der Waals surface area (Å²) in [5.41, 5.74) is 4.38. The number of nitrogens with one attached hydrogen (secondary N) is 1. The van der Waals surface area contributed by atoms with Gasteiger partial charge < -0.3 is 30.0 Å². The van der Waals surface area contributed by atoms with Gasteiger partial charge in [-0.1, -0.05) is 74.5 Å². The minimum absolute atomic E-state index is 0. The van der Waals surface area contributed by atoms with Gasteiger partial charge in [-0.3, -0.25) is 4.79 Å². The number of aliphatic carboxylic acids is 1. The Balaban J connectivity index is 0.00000484. The number of hydrogen-bond acceptors (Lipinski definition) is 5. The molecule has 7 nitrogen and oxygen atoms in total. The van der Waals surface area contributed by atoms with Crippen molar-refractivity contribution in [3.63, 3.8) is 0 Å². The van der Waals surface area contributed by atoms with Crippen LogP contribution in [-0.4, -0.2) is 38.9 Å². The minimum atomic E-state index is -1.40. The van der Waals surface area contributed by atoms with Gasteiger partial charge >= 0.3 is 29.6 Å². The van der Waals surface area contributed by atoms with Gasteiger partial charge in [0.2, 0.25) is 0 Å². The summed E-state index contributed by atoms with van der Waals surface area (Å²) in [6.07, 6.45) is -2.83. The van der Waals surface area contributed by atoms with Crippen LogP contribution in [0.15, 0.2) is 84.9 Å². The Morgan fingerprint density at radius 2 is 1.52 bits per heavy atom. The number of nitrogens with zero attached hydrogens (tertiary/aromatic N) is 1. The molecule has 3 aromatic carbocycles. The first kappa shape index (κ1) is 33.2. The summed E-state index contributed by atoms with van der Waals surface area (Å²) in [6, 6.07) is 24.7. The fourth-order valence-electron chi connectivity index (χ4n) is 5.22. The molecule has 3 N–H and O–H groups in total. The maximum Gasteiger partial charge on any atom is 1.00 e. The van der Waals surface area contributed by atoms with Crippen LogP contribution < -0.4 is 40.0 Å². The molecule has 214 valence electrons. The molecule has 0 fully saturated rings. The van der Waals surface area contributed by atoms with Crippen molar-refractivity contribution in [3.05, 3.63) is 102 Å². The van der Waals surface area contributed by atoms with Crippen LogP contribution in [-0.2, 0) is 11.3 Å². The van der Waals surface area contributed by atoms with Crippen molar-refractivity contribution < 1.29 is 58.9 Å². The molecule has 4 rings (SSSR count). The molecule has 0 saturated heterocycles. The van der Waals surface area contributed by atoms with Crippen molar-refractivity contribution in [1.29, 1.82) is 0 Å². The molecular weight excluding hydrogens is 546 g/mol. The van der Waals surface area contributed by atoms with E-state index in [1.165, 1.54) is 12.1 Å². The summed E-state index contributed by atoms with van der Waals surface area (Å²) in [4.78, 5) is 24.9. The van der Waals surface area contributed by atoms with Crippen LogP contribution in [0.5, 0.6) is 0 Å². The first-order chi connectivity index (χ1) is 19.7. The van der Waals surface area contributed by atoms with E-state index in [9.17, 15) is 29.3 Å². The van der Waals surface area contributed by atoms with Crippen LogP contribution >= 0.6 is 0 Å². The van der Waals surface area contributed by atoms with Gasteiger partial charge in [-0.2, -0.15) is 0 Å². The van der Waals surface area contributed by atoms with Crippen molar-refractivity contribution >= 4 is 17.6 Å². The van der Waals surface area contributed by atoms with Crippen LogP contribution in [0.1, 0.15) is 55.1 Å². The Bertz CT molecular complexity index is 1490. The summed E-state index contributed by atoms with van der Waals surface area (Å²) in [5.74, 6) is -2.29. The van der Waals surface area contributed by atoms with E-state index in [4.69, 9.17) is 0 Å². The van der Waals surface area contributed by atoms with Gasteiger partial charge in [0.15, 0.2) is 0 Å². The second-order valence-corrected chi connectivity index (χ2v) is 10.4. The SMILES string of the molecule is CC(C)c1c(C(=O)Nc2ccccc2)c(-c2ccccc2)c(-c2cccc(F)c2)n1CC[C@@H](O)C[C@@H](O)CC(=O)[O-].[Na+]. The number of anilines is 1. The van der Waals surface area contributed by atoms with Gasteiger partial charge in [-0.15, -0.1) is 0 Å². The minimum Gasteiger partial charge on any atom is -0.550 e. The maximum atomic E-state index is 14.6. The first-order valence-electron chi connectivity index (χ1n) is 13.7. The normalized spacial score (nSPS) is 12.4. The number of hydrogen-bond donors (Lipinski definition) is 3. The van der Waals surface area contributed by atoms with Crippen LogP contribution in [0.3, 0.4) is 0 Å². The van der Waals surface area contributed by atoms with Gasteiger partial charge in [-0.25, -0.2) is 4.39 Å². The van der Waals surface area contributed by atoms with Gasteiger partial charge in [0.05, 0.1) is 23.5 Å². The second-order valence-electron chi connectivity index (χ2n) is 10.4. The van der Waals surface area contributed by atoms with Gasteiger partial charge in [0.25, 0.3) is 5.91 Å². The van der Waals surface area contributed by atoms with Gasteiger partial charge in [0, 0.05) is 41.4 Å². The molecule has 9 heteroatoms. The number of aliphatic hydroxyl groups is 2. The predicted molar refractivity (Wildman–Crippen MR) is 155 cm³/mol. The average Bonchev–Trinajstić information content (AvgIpc) is 3.28. The molecule has 2 atom stereocenters. The van der Waals surface area contributed by atoms with E-state index in [-0.39, 0.29) is 60.8 Å². The Labute approximate surface area is 267 Å². The maximum absolute atomic E-state index is 14.6. The Hall–Kier alpha value is -3.27. The van der Waals surface area contributed by atoms with Crippen molar-refractivity contribution in [3.8, 4) is 22.4 Å². The molecule has 0 radical (unpaired) electrons.